The zero-order valence-electron chi connectivity index (χ0n) is 12.3. The molecule has 0 aromatic heterocycles. The summed E-state index contributed by atoms with van der Waals surface area (Å²) in [4.78, 5) is 0. The Kier molecular flexibility index (Phi) is 4.06. The maximum atomic E-state index is 14.2. The van der Waals surface area contributed by atoms with E-state index in [0.717, 1.165) is 22.4 Å². The molecule has 3 aromatic rings. The van der Waals surface area contributed by atoms with Gasteiger partial charge in [0, 0.05) is 17.7 Å². The molecule has 116 valence electrons. The minimum Gasteiger partial charge on any atom is -0.497 e. The fourth-order valence-corrected chi connectivity index (χ4v) is 2.50. The number of halogens is 3. The van der Waals surface area contributed by atoms with Crippen molar-refractivity contribution in [2.45, 2.75) is 0 Å². The van der Waals surface area contributed by atoms with Crippen molar-refractivity contribution in [2.75, 3.05) is 7.11 Å². The maximum absolute atomic E-state index is 14.2. The molecule has 0 bridgehead atoms. The van der Waals surface area contributed by atoms with Gasteiger partial charge in [-0.25, -0.2) is 4.39 Å². The van der Waals surface area contributed by atoms with E-state index >= 15 is 0 Å². The Hall–Kier alpha value is -2.75. The summed E-state index contributed by atoms with van der Waals surface area (Å²) in [5, 5.41) is 1.67. The Morgan fingerprint density at radius 1 is 0.913 bits per heavy atom. The van der Waals surface area contributed by atoms with Crippen molar-refractivity contribution in [2.24, 2.45) is 0 Å². The summed E-state index contributed by atoms with van der Waals surface area (Å²) in [7, 11) is 1.48. The lowest BCUT2D eigenvalue weighted by molar-refractivity contribution is 0.411. The second kappa shape index (κ2) is 6.16. The van der Waals surface area contributed by atoms with Crippen LogP contribution in [0.4, 0.5) is 13.2 Å². The quantitative estimate of drug-likeness (QED) is 0.585. The van der Waals surface area contributed by atoms with Gasteiger partial charge in [0.2, 0.25) is 0 Å². The Balaban J connectivity index is 2.05. The van der Waals surface area contributed by atoms with E-state index in [1.165, 1.54) is 13.2 Å². The van der Waals surface area contributed by atoms with Gasteiger partial charge < -0.3 is 4.74 Å². The highest BCUT2D eigenvalue weighted by atomic mass is 19.3. The Morgan fingerprint density at radius 3 is 2.35 bits per heavy atom. The predicted molar refractivity (Wildman–Crippen MR) is 86.1 cm³/mol. The van der Waals surface area contributed by atoms with Crippen LogP contribution in [-0.4, -0.2) is 7.11 Å². The fourth-order valence-electron chi connectivity index (χ4n) is 2.50. The molecule has 1 nitrogen and oxygen atoms in total. The van der Waals surface area contributed by atoms with E-state index in [4.69, 9.17) is 4.74 Å². The fraction of sp³-hybridized carbons (Fsp3) is 0.0526. The topological polar surface area (TPSA) is 9.23 Å². The molecule has 0 fully saturated rings. The van der Waals surface area contributed by atoms with E-state index in [0.29, 0.717) is 16.9 Å². The molecule has 0 unspecified atom stereocenters. The highest BCUT2D eigenvalue weighted by molar-refractivity contribution is 5.89. The van der Waals surface area contributed by atoms with Gasteiger partial charge in [-0.15, -0.1) is 0 Å². The molecule has 0 amide bonds. The van der Waals surface area contributed by atoms with Crippen molar-refractivity contribution in [3.63, 3.8) is 0 Å². The molecule has 3 rings (SSSR count). The molecule has 0 heterocycles. The minimum absolute atomic E-state index is 0.372. The molecule has 0 spiro atoms. The number of methoxy groups -OCH3 is 1. The van der Waals surface area contributed by atoms with Gasteiger partial charge in [0.1, 0.15) is 11.6 Å². The summed E-state index contributed by atoms with van der Waals surface area (Å²) in [6, 6.07) is 15.1. The smallest absolute Gasteiger partial charge is 0.270 e. The molecule has 0 aliphatic rings. The number of hydrogen-bond acceptors (Lipinski definition) is 1. The lowest BCUT2D eigenvalue weighted by atomic mass is 9.99. The van der Waals surface area contributed by atoms with Crippen LogP contribution in [0.25, 0.3) is 28.0 Å². The van der Waals surface area contributed by atoms with Gasteiger partial charge in [-0.05, 0) is 46.2 Å². The highest BCUT2D eigenvalue weighted by Gasteiger charge is 2.07. The second-order valence-electron chi connectivity index (χ2n) is 5.10. The van der Waals surface area contributed by atoms with Crippen molar-refractivity contribution >= 4 is 16.8 Å². The minimum atomic E-state index is -1.73. The molecule has 0 saturated heterocycles. The van der Waals surface area contributed by atoms with Gasteiger partial charge >= 0.3 is 0 Å². The zero-order chi connectivity index (χ0) is 16.4. The lowest BCUT2D eigenvalue weighted by Crippen LogP contribution is -1.88. The summed E-state index contributed by atoms with van der Waals surface area (Å²) in [6.45, 7) is 0. The summed E-state index contributed by atoms with van der Waals surface area (Å²) in [5.41, 5.74) is 1.62. The number of rotatable bonds is 3. The molecule has 0 saturated carbocycles. The summed E-state index contributed by atoms with van der Waals surface area (Å²) in [6.07, 6.45) is -0.919. The van der Waals surface area contributed by atoms with Crippen molar-refractivity contribution in [3.8, 4) is 16.9 Å². The highest BCUT2D eigenvalue weighted by Crippen LogP contribution is 2.29. The van der Waals surface area contributed by atoms with Crippen LogP contribution in [0.3, 0.4) is 0 Å². The standard InChI is InChI=1S/C19H13F3O/c1-23-16-6-7-17(18(20)11-16)15-5-4-13-8-12(9-19(21)22)2-3-14(13)10-15/h2-11H,1H3. The van der Waals surface area contributed by atoms with Crippen LogP contribution < -0.4 is 4.74 Å². The van der Waals surface area contributed by atoms with E-state index < -0.39 is 6.08 Å². The predicted octanol–water partition coefficient (Wildman–Crippen LogP) is 5.89. The number of benzene rings is 3. The van der Waals surface area contributed by atoms with Gasteiger partial charge in [0.25, 0.3) is 6.08 Å². The van der Waals surface area contributed by atoms with E-state index in [1.54, 1.807) is 42.5 Å². The molecule has 0 radical (unpaired) electrons. The monoisotopic (exact) mass is 314 g/mol. The third-order valence-corrected chi connectivity index (χ3v) is 3.63. The van der Waals surface area contributed by atoms with Crippen LogP contribution in [0.2, 0.25) is 0 Å². The van der Waals surface area contributed by atoms with Gasteiger partial charge in [-0.1, -0.05) is 24.3 Å². The third kappa shape index (κ3) is 3.21. The van der Waals surface area contributed by atoms with E-state index in [-0.39, 0.29) is 5.82 Å². The Morgan fingerprint density at radius 2 is 1.65 bits per heavy atom. The van der Waals surface area contributed by atoms with E-state index in [9.17, 15) is 13.2 Å². The van der Waals surface area contributed by atoms with Crippen molar-refractivity contribution < 1.29 is 17.9 Å². The maximum Gasteiger partial charge on any atom is 0.270 e. The largest absolute Gasteiger partial charge is 0.497 e. The first-order valence-electron chi connectivity index (χ1n) is 6.97. The first-order valence-corrected chi connectivity index (χ1v) is 6.97. The number of ether oxygens (including phenoxy) is 1. The molecular weight excluding hydrogens is 301 g/mol. The summed E-state index contributed by atoms with van der Waals surface area (Å²) >= 11 is 0. The Labute approximate surface area is 131 Å². The van der Waals surface area contributed by atoms with Gasteiger partial charge in [-0.3, -0.25) is 0 Å². The molecule has 3 aromatic carbocycles. The van der Waals surface area contributed by atoms with Crippen LogP contribution in [-0.2, 0) is 0 Å². The van der Waals surface area contributed by atoms with E-state index in [1.807, 2.05) is 6.07 Å². The molecular formula is C19H13F3O. The first kappa shape index (κ1) is 15.2. The van der Waals surface area contributed by atoms with Gasteiger partial charge in [0.05, 0.1) is 7.11 Å². The summed E-state index contributed by atoms with van der Waals surface area (Å²) in [5.74, 6) is 0.0828. The Bertz CT molecular complexity index is 896. The van der Waals surface area contributed by atoms with Crippen LogP contribution in [0.5, 0.6) is 5.75 Å². The third-order valence-electron chi connectivity index (χ3n) is 3.63. The zero-order valence-corrected chi connectivity index (χ0v) is 12.3. The summed E-state index contributed by atoms with van der Waals surface area (Å²) < 4.78 is 43.8. The van der Waals surface area contributed by atoms with Crippen molar-refractivity contribution in [3.05, 3.63) is 72.1 Å². The average Bonchev–Trinajstić information content (AvgIpc) is 2.53. The van der Waals surface area contributed by atoms with Crippen molar-refractivity contribution in [1.82, 2.24) is 0 Å². The second-order valence-corrected chi connectivity index (χ2v) is 5.10. The van der Waals surface area contributed by atoms with Crippen molar-refractivity contribution in [1.29, 1.82) is 0 Å². The van der Waals surface area contributed by atoms with Crippen LogP contribution in [0.15, 0.2) is 60.7 Å². The normalized spacial score (nSPS) is 10.6. The average molecular weight is 314 g/mol. The van der Waals surface area contributed by atoms with Gasteiger partial charge in [0.15, 0.2) is 0 Å². The molecule has 0 N–H and O–H groups in total. The molecule has 0 aliphatic heterocycles. The SMILES string of the molecule is COc1ccc(-c2ccc3cc(C=C(F)F)ccc3c2)c(F)c1. The van der Waals surface area contributed by atoms with Gasteiger partial charge in [-0.2, -0.15) is 8.78 Å². The van der Waals surface area contributed by atoms with E-state index in [2.05, 4.69) is 0 Å². The molecule has 23 heavy (non-hydrogen) atoms. The number of fused-ring (bicyclic) bond motifs is 1. The lowest BCUT2D eigenvalue weighted by Gasteiger charge is -2.08. The van der Waals surface area contributed by atoms with Crippen LogP contribution in [0, 0.1) is 5.82 Å². The van der Waals surface area contributed by atoms with Crippen LogP contribution in [0.1, 0.15) is 5.56 Å². The van der Waals surface area contributed by atoms with Crippen LogP contribution >= 0.6 is 0 Å². The first-order chi connectivity index (χ1) is 11.1. The number of hydrogen-bond donors (Lipinski definition) is 0. The molecule has 4 heteroatoms. The molecule has 0 atom stereocenters. The molecule has 0 aliphatic carbocycles.